The number of hydrogen-bond donors (Lipinski definition) is 1. The fourth-order valence-electron chi connectivity index (χ4n) is 2.45. The number of hydrogen-bond acceptors (Lipinski definition) is 3. The minimum absolute atomic E-state index is 0.0937. The molecule has 20 heavy (non-hydrogen) atoms. The number of anilines is 1. The number of rotatable bonds is 4. The first-order valence-corrected chi connectivity index (χ1v) is 7.41. The molecular formula is C14H12ClF2NOS. The quantitative estimate of drug-likeness (QED) is 0.847. The highest BCUT2D eigenvalue weighted by atomic mass is 35.5. The molecule has 0 fully saturated rings. The molecule has 2 nitrogen and oxygen atoms in total. The fourth-order valence-corrected chi connectivity index (χ4v) is 3.81. The standard InChI is InChI=1S/C14H12ClF2NOS/c15-13-7-8-9(5-6-12(8)20-13)18-10-3-1-2-4-11(10)19-14(16)17/h1-4,7,9,14,18H,5-6H2. The molecule has 1 heterocycles. The van der Waals surface area contributed by atoms with E-state index in [4.69, 9.17) is 11.6 Å². The maximum atomic E-state index is 12.4. The van der Waals surface area contributed by atoms with Crippen LogP contribution in [0.15, 0.2) is 30.3 Å². The summed E-state index contributed by atoms with van der Waals surface area (Å²) in [5.41, 5.74) is 1.74. The van der Waals surface area contributed by atoms with Crippen LogP contribution in [0.4, 0.5) is 14.5 Å². The van der Waals surface area contributed by atoms with Crippen LogP contribution in [0.25, 0.3) is 0 Å². The molecule has 6 heteroatoms. The van der Waals surface area contributed by atoms with E-state index in [0.717, 1.165) is 22.7 Å². The van der Waals surface area contributed by atoms with Crippen molar-refractivity contribution in [2.45, 2.75) is 25.5 Å². The van der Waals surface area contributed by atoms with Gasteiger partial charge < -0.3 is 10.1 Å². The normalized spacial score (nSPS) is 17.3. The van der Waals surface area contributed by atoms with Gasteiger partial charge in [-0.2, -0.15) is 8.78 Å². The van der Waals surface area contributed by atoms with Gasteiger partial charge >= 0.3 is 6.61 Å². The summed E-state index contributed by atoms with van der Waals surface area (Å²) in [6.07, 6.45) is 1.89. The number of thiophene rings is 1. The van der Waals surface area contributed by atoms with Gasteiger partial charge in [0, 0.05) is 4.88 Å². The highest BCUT2D eigenvalue weighted by molar-refractivity contribution is 7.16. The number of benzene rings is 1. The molecule has 1 atom stereocenters. The third-order valence-electron chi connectivity index (χ3n) is 3.28. The van der Waals surface area contributed by atoms with Crippen molar-refractivity contribution in [3.8, 4) is 5.75 Å². The minimum atomic E-state index is -2.83. The Morgan fingerprint density at radius 2 is 2.15 bits per heavy atom. The van der Waals surface area contributed by atoms with Gasteiger partial charge in [0.2, 0.25) is 0 Å². The van der Waals surface area contributed by atoms with Crippen molar-refractivity contribution in [2.24, 2.45) is 0 Å². The lowest BCUT2D eigenvalue weighted by Gasteiger charge is -2.17. The Hall–Kier alpha value is -1.33. The van der Waals surface area contributed by atoms with Gasteiger partial charge in [0.15, 0.2) is 0 Å². The van der Waals surface area contributed by atoms with Crippen LogP contribution >= 0.6 is 22.9 Å². The van der Waals surface area contributed by atoms with Crippen molar-refractivity contribution >= 4 is 28.6 Å². The van der Waals surface area contributed by atoms with E-state index >= 15 is 0 Å². The lowest BCUT2D eigenvalue weighted by atomic mass is 10.1. The van der Waals surface area contributed by atoms with Gasteiger partial charge in [-0.05, 0) is 36.6 Å². The summed E-state index contributed by atoms with van der Waals surface area (Å²) >= 11 is 7.59. The highest BCUT2D eigenvalue weighted by Gasteiger charge is 2.25. The van der Waals surface area contributed by atoms with Crippen LogP contribution < -0.4 is 10.1 Å². The summed E-state index contributed by atoms with van der Waals surface area (Å²) in [6.45, 7) is -2.83. The lowest BCUT2D eigenvalue weighted by molar-refractivity contribution is -0.0493. The van der Waals surface area contributed by atoms with Gasteiger partial charge in [-0.25, -0.2) is 0 Å². The SMILES string of the molecule is FC(F)Oc1ccccc1NC1CCc2sc(Cl)cc21. The molecule has 0 amide bonds. The van der Waals surface area contributed by atoms with Crippen LogP contribution in [0.2, 0.25) is 4.34 Å². The number of aryl methyl sites for hydroxylation is 1. The molecule has 1 N–H and O–H groups in total. The van der Waals surface area contributed by atoms with Crippen LogP contribution in [-0.2, 0) is 6.42 Å². The number of para-hydroxylation sites is 2. The number of nitrogens with one attached hydrogen (secondary N) is 1. The molecule has 1 unspecified atom stereocenters. The van der Waals surface area contributed by atoms with E-state index in [2.05, 4.69) is 10.1 Å². The first kappa shape index (κ1) is 13.6. The smallest absolute Gasteiger partial charge is 0.387 e. The van der Waals surface area contributed by atoms with E-state index in [1.807, 2.05) is 6.07 Å². The van der Waals surface area contributed by atoms with Gasteiger partial charge in [0.05, 0.1) is 16.1 Å². The van der Waals surface area contributed by atoms with Gasteiger partial charge in [-0.15, -0.1) is 11.3 Å². The van der Waals surface area contributed by atoms with Crippen LogP contribution in [0, 0.1) is 0 Å². The molecule has 1 aliphatic carbocycles. The molecule has 2 aromatic rings. The van der Waals surface area contributed by atoms with Crippen molar-refractivity contribution in [3.05, 3.63) is 45.1 Å². The zero-order chi connectivity index (χ0) is 14.1. The van der Waals surface area contributed by atoms with E-state index in [-0.39, 0.29) is 11.8 Å². The number of ether oxygens (including phenoxy) is 1. The van der Waals surface area contributed by atoms with E-state index in [9.17, 15) is 8.78 Å². The van der Waals surface area contributed by atoms with Gasteiger partial charge in [-0.1, -0.05) is 23.7 Å². The Balaban J connectivity index is 1.82. The first-order chi connectivity index (χ1) is 9.63. The largest absolute Gasteiger partial charge is 0.433 e. The Labute approximate surface area is 124 Å². The molecule has 0 aliphatic heterocycles. The molecule has 0 spiro atoms. The number of alkyl halides is 2. The predicted molar refractivity (Wildman–Crippen MR) is 77.1 cm³/mol. The molecule has 106 valence electrons. The second-order valence-electron chi connectivity index (χ2n) is 4.54. The zero-order valence-electron chi connectivity index (χ0n) is 10.4. The van der Waals surface area contributed by atoms with Gasteiger partial charge in [0.1, 0.15) is 5.75 Å². The van der Waals surface area contributed by atoms with Gasteiger partial charge in [-0.3, -0.25) is 0 Å². The van der Waals surface area contributed by atoms with Crippen molar-refractivity contribution in [2.75, 3.05) is 5.32 Å². The average Bonchev–Trinajstić information content (AvgIpc) is 2.92. The Kier molecular flexibility index (Phi) is 3.81. The van der Waals surface area contributed by atoms with Crippen LogP contribution in [-0.4, -0.2) is 6.61 Å². The summed E-state index contributed by atoms with van der Waals surface area (Å²) in [5.74, 6) is 0.164. The molecule has 0 saturated heterocycles. The Morgan fingerprint density at radius 1 is 1.35 bits per heavy atom. The zero-order valence-corrected chi connectivity index (χ0v) is 12.0. The molecule has 1 aromatic heterocycles. The molecule has 0 saturated carbocycles. The highest BCUT2D eigenvalue weighted by Crippen LogP contribution is 2.42. The maximum absolute atomic E-state index is 12.4. The summed E-state index contributed by atoms with van der Waals surface area (Å²) in [7, 11) is 0. The second-order valence-corrected chi connectivity index (χ2v) is 6.31. The average molecular weight is 316 g/mol. The molecule has 1 aliphatic rings. The molecule has 0 radical (unpaired) electrons. The van der Waals surface area contributed by atoms with Crippen molar-refractivity contribution in [1.29, 1.82) is 0 Å². The Bertz CT molecular complexity index is 617. The first-order valence-electron chi connectivity index (χ1n) is 6.22. The second kappa shape index (κ2) is 5.58. The molecule has 1 aromatic carbocycles. The minimum Gasteiger partial charge on any atom is -0.433 e. The third-order valence-corrected chi connectivity index (χ3v) is 4.62. The lowest BCUT2D eigenvalue weighted by Crippen LogP contribution is -2.10. The molecule has 3 rings (SSSR count). The Morgan fingerprint density at radius 3 is 2.95 bits per heavy atom. The summed E-state index contributed by atoms with van der Waals surface area (Å²) in [6, 6.07) is 8.77. The van der Waals surface area contributed by atoms with E-state index in [0.29, 0.717) is 5.69 Å². The van der Waals surface area contributed by atoms with Crippen LogP contribution in [0.1, 0.15) is 22.9 Å². The van der Waals surface area contributed by atoms with Crippen molar-refractivity contribution in [3.63, 3.8) is 0 Å². The fraction of sp³-hybridized carbons (Fsp3) is 0.286. The monoisotopic (exact) mass is 315 g/mol. The number of fused-ring (bicyclic) bond motifs is 1. The van der Waals surface area contributed by atoms with E-state index < -0.39 is 6.61 Å². The van der Waals surface area contributed by atoms with Crippen LogP contribution in [0.5, 0.6) is 5.75 Å². The van der Waals surface area contributed by atoms with Crippen molar-refractivity contribution < 1.29 is 13.5 Å². The van der Waals surface area contributed by atoms with Crippen molar-refractivity contribution in [1.82, 2.24) is 0 Å². The van der Waals surface area contributed by atoms with Crippen LogP contribution in [0.3, 0.4) is 0 Å². The summed E-state index contributed by atoms with van der Waals surface area (Å²) < 4.78 is 30.1. The van der Waals surface area contributed by atoms with E-state index in [1.165, 1.54) is 10.9 Å². The molecule has 0 bridgehead atoms. The summed E-state index contributed by atoms with van der Waals surface area (Å²) in [5, 5.41) is 3.27. The third kappa shape index (κ3) is 2.74. The maximum Gasteiger partial charge on any atom is 0.387 e. The molecular weight excluding hydrogens is 304 g/mol. The summed E-state index contributed by atoms with van der Waals surface area (Å²) in [4.78, 5) is 1.26. The van der Waals surface area contributed by atoms with E-state index in [1.54, 1.807) is 29.5 Å². The topological polar surface area (TPSA) is 21.3 Å². The predicted octanol–water partition coefficient (Wildman–Crippen LogP) is 5.10. The number of halogens is 3. The van der Waals surface area contributed by atoms with Gasteiger partial charge in [0.25, 0.3) is 0 Å².